The summed E-state index contributed by atoms with van der Waals surface area (Å²) in [4.78, 5) is 21.4. The average molecular weight is 532 g/mol. The molecular formula is C26H30ClN3O3S2. The smallest absolute Gasteiger partial charge is 0.230 e. The second kappa shape index (κ2) is 10.0. The number of benzene rings is 2. The lowest BCUT2D eigenvalue weighted by Gasteiger charge is -2.38. The van der Waals surface area contributed by atoms with Crippen LogP contribution in [-0.4, -0.2) is 30.0 Å². The molecule has 0 radical (unpaired) electrons. The Labute approximate surface area is 216 Å². The summed E-state index contributed by atoms with van der Waals surface area (Å²) in [6.45, 7) is 9.79. The van der Waals surface area contributed by atoms with Crippen LogP contribution in [0.4, 0.5) is 5.13 Å². The highest BCUT2D eigenvalue weighted by molar-refractivity contribution is 7.91. The summed E-state index contributed by atoms with van der Waals surface area (Å²) in [6.07, 6.45) is 0.154. The molecule has 0 fully saturated rings. The molecule has 1 aromatic heterocycles. The summed E-state index contributed by atoms with van der Waals surface area (Å²) in [5, 5.41) is 4.27. The first-order chi connectivity index (χ1) is 16.5. The fraction of sp³-hybridized carbons (Fsp3) is 0.385. The molecule has 2 heterocycles. The van der Waals surface area contributed by atoms with Crippen molar-refractivity contribution in [2.75, 3.05) is 11.1 Å². The highest BCUT2D eigenvalue weighted by Gasteiger charge is 2.46. The van der Waals surface area contributed by atoms with Crippen molar-refractivity contribution < 1.29 is 13.2 Å². The van der Waals surface area contributed by atoms with Gasteiger partial charge in [-0.3, -0.25) is 9.69 Å². The van der Waals surface area contributed by atoms with Crippen LogP contribution in [0.15, 0.2) is 53.4 Å². The Morgan fingerprint density at radius 3 is 2.37 bits per heavy atom. The van der Waals surface area contributed by atoms with E-state index < -0.39 is 9.84 Å². The predicted octanol–water partition coefficient (Wildman–Crippen LogP) is 5.66. The maximum Gasteiger partial charge on any atom is 0.230 e. The van der Waals surface area contributed by atoms with Crippen molar-refractivity contribution in [3.05, 3.63) is 75.3 Å². The second-order valence-electron chi connectivity index (χ2n) is 9.35. The quantitative estimate of drug-likeness (QED) is 0.406. The van der Waals surface area contributed by atoms with Crippen molar-refractivity contribution in [3.8, 4) is 0 Å². The summed E-state index contributed by atoms with van der Waals surface area (Å²) in [5.41, 5.74) is 2.72. The van der Waals surface area contributed by atoms with Gasteiger partial charge in [-0.2, -0.15) is 0 Å². The van der Waals surface area contributed by atoms with Crippen molar-refractivity contribution in [3.63, 3.8) is 0 Å². The standard InChI is InChI=1S/C26H30ClN3O3S2/c1-5-35(32,33)21-12-8-18(9-13-21)14-23(31)28-25-29-24-22(34-25)16-30(26(24,4)17(2)3)15-19-6-10-20(27)11-7-19/h6-13,17H,5,14-16H2,1-4H3,(H,28,29,31)/t26-/m0/s1. The SMILES string of the molecule is CCS(=O)(=O)c1ccc(CC(=O)Nc2nc3c(s2)CN(Cc2ccc(Cl)cc2)[C@@]3(C)C(C)C)cc1. The van der Waals surface area contributed by atoms with Crippen LogP contribution in [0.5, 0.6) is 0 Å². The molecule has 4 rings (SSSR count). The second-order valence-corrected chi connectivity index (χ2v) is 13.1. The van der Waals surface area contributed by atoms with Gasteiger partial charge >= 0.3 is 0 Å². The zero-order valence-corrected chi connectivity index (χ0v) is 22.7. The Balaban J connectivity index is 1.46. The number of aromatic nitrogens is 1. The van der Waals surface area contributed by atoms with E-state index in [9.17, 15) is 13.2 Å². The molecule has 0 unspecified atom stereocenters. The molecule has 1 atom stereocenters. The molecule has 186 valence electrons. The number of hydrogen-bond donors (Lipinski definition) is 1. The summed E-state index contributed by atoms with van der Waals surface area (Å²) in [6, 6.07) is 14.4. The van der Waals surface area contributed by atoms with E-state index in [0.29, 0.717) is 11.0 Å². The molecule has 3 aromatic rings. The van der Waals surface area contributed by atoms with Crippen molar-refractivity contribution in [1.29, 1.82) is 0 Å². The van der Waals surface area contributed by atoms with Gasteiger partial charge in [0.1, 0.15) is 0 Å². The van der Waals surface area contributed by atoms with Crippen LogP contribution in [0.3, 0.4) is 0 Å². The summed E-state index contributed by atoms with van der Waals surface area (Å²) >= 11 is 7.57. The molecule has 9 heteroatoms. The number of carbonyl (C=O) groups is 1. The van der Waals surface area contributed by atoms with Crippen LogP contribution in [0.2, 0.25) is 5.02 Å². The van der Waals surface area contributed by atoms with Crippen molar-refractivity contribution in [2.24, 2.45) is 5.92 Å². The first-order valence-corrected chi connectivity index (χ1v) is 14.5. The Kier molecular flexibility index (Phi) is 7.38. The number of sulfone groups is 1. The number of thiazole rings is 1. The fourth-order valence-electron chi connectivity index (χ4n) is 4.39. The number of nitrogens with one attached hydrogen (secondary N) is 1. The lowest BCUT2D eigenvalue weighted by molar-refractivity contribution is -0.115. The van der Waals surface area contributed by atoms with Gasteiger partial charge in [0.15, 0.2) is 15.0 Å². The number of rotatable bonds is 8. The number of fused-ring (bicyclic) bond motifs is 1. The van der Waals surface area contributed by atoms with Gasteiger partial charge in [-0.15, -0.1) is 0 Å². The first kappa shape index (κ1) is 25.8. The van der Waals surface area contributed by atoms with Crippen LogP contribution >= 0.6 is 22.9 Å². The van der Waals surface area contributed by atoms with Gasteiger partial charge < -0.3 is 5.32 Å². The van der Waals surface area contributed by atoms with Crippen molar-refractivity contribution in [2.45, 2.75) is 57.6 Å². The van der Waals surface area contributed by atoms with Gasteiger partial charge in [-0.1, -0.05) is 68.0 Å². The van der Waals surface area contributed by atoms with Gasteiger partial charge in [-0.05, 0) is 48.2 Å². The molecule has 1 aliphatic rings. The maximum absolute atomic E-state index is 12.7. The zero-order chi connectivity index (χ0) is 25.4. The van der Waals surface area contributed by atoms with Crippen LogP contribution in [0.25, 0.3) is 0 Å². The fourth-order valence-corrected chi connectivity index (χ4v) is 6.51. The Morgan fingerprint density at radius 1 is 1.14 bits per heavy atom. The van der Waals surface area contributed by atoms with E-state index in [4.69, 9.17) is 16.6 Å². The average Bonchev–Trinajstić information content (AvgIpc) is 3.32. The minimum atomic E-state index is -3.25. The Bertz CT molecular complexity index is 1320. The van der Waals surface area contributed by atoms with Gasteiger partial charge in [0.05, 0.1) is 28.3 Å². The van der Waals surface area contributed by atoms with Gasteiger partial charge in [0, 0.05) is 23.0 Å². The third kappa shape index (κ3) is 5.31. The molecule has 0 bridgehead atoms. The molecule has 0 aliphatic carbocycles. The van der Waals surface area contributed by atoms with Crippen LogP contribution in [0.1, 0.15) is 49.4 Å². The van der Waals surface area contributed by atoms with E-state index >= 15 is 0 Å². The molecule has 0 spiro atoms. The summed E-state index contributed by atoms with van der Waals surface area (Å²) < 4.78 is 24.0. The van der Waals surface area contributed by atoms with E-state index in [-0.39, 0.29) is 28.5 Å². The maximum atomic E-state index is 12.7. The van der Waals surface area contributed by atoms with Crippen LogP contribution < -0.4 is 5.32 Å². The summed E-state index contributed by atoms with van der Waals surface area (Å²) in [5.74, 6) is 0.195. The third-order valence-electron chi connectivity index (χ3n) is 6.85. The highest BCUT2D eigenvalue weighted by Crippen LogP contribution is 2.47. The lowest BCUT2D eigenvalue weighted by Crippen LogP contribution is -2.42. The van der Waals surface area contributed by atoms with Gasteiger partial charge in [-0.25, -0.2) is 13.4 Å². The third-order valence-corrected chi connectivity index (χ3v) is 9.81. The molecular weight excluding hydrogens is 502 g/mol. The Hall–Kier alpha value is -2.26. The zero-order valence-electron chi connectivity index (χ0n) is 20.3. The number of anilines is 1. The molecule has 2 aromatic carbocycles. The number of carbonyl (C=O) groups excluding carboxylic acids is 1. The topological polar surface area (TPSA) is 79.4 Å². The number of hydrogen-bond acceptors (Lipinski definition) is 6. The largest absolute Gasteiger partial charge is 0.302 e. The van der Waals surface area contributed by atoms with Gasteiger partial charge in [0.2, 0.25) is 5.91 Å². The first-order valence-electron chi connectivity index (χ1n) is 11.6. The molecule has 6 nitrogen and oxygen atoms in total. The number of nitrogens with zero attached hydrogens (tertiary/aromatic N) is 2. The van der Waals surface area contributed by atoms with E-state index in [2.05, 4.69) is 43.1 Å². The van der Waals surface area contributed by atoms with Crippen molar-refractivity contribution >= 4 is 43.8 Å². The lowest BCUT2D eigenvalue weighted by atomic mass is 9.85. The van der Waals surface area contributed by atoms with Crippen LogP contribution in [0, 0.1) is 5.92 Å². The normalized spacial score (nSPS) is 18.1. The van der Waals surface area contributed by atoms with Crippen molar-refractivity contribution in [1.82, 2.24) is 9.88 Å². The Morgan fingerprint density at radius 2 is 1.77 bits per heavy atom. The molecule has 0 saturated heterocycles. The van der Waals surface area contributed by atoms with E-state index in [1.807, 2.05) is 12.1 Å². The van der Waals surface area contributed by atoms with Gasteiger partial charge in [0.25, 0.3) is 0 Å². The number of halogens is 1. The molecule has 0 saturated carbocycles. The monoisotopic (exact) mass is 531 g/mol. The summed E-state index contributed by atoms with van der Waals surface area (Å²) in [7, 11) is -3.25. The number of amides is 1. The molecule has 1 N–H and O–H groups in total. The highest BCUT2D eigenvalue weighted by atomic mass is 35.5. The molecule has 1 amide bonds. The molecule has 1 aliphatic heterocycles. The predicted molar refractivity (Wildman–Crippen MR) is 142 cm³/mol. The van der Waals surface area contributed by atoms with E-state index in [1.54, 1.807) is 31.2 Å². The minimum Gasteiger partial charge on any atom is -0.302 e. The molecule has 35 heavy (non-hydrogen) atoms. The minimum absolute atomic E-state index is 0.0496. The van der Waals surface area contributed by atoms with Crippen LogP contribution in [-0.2, 0) is 39.7 Å². The van der Waals surface area contributed by atoms with E-state index in [1.165, 1.54) is 21.8 Å². The van der Waals surface area contributed by atoms with E-state index in [0.717, 1.165) is 29.4 Å².